The Morgan fingerprint density at radius 3 is 2.08 bits per heavy atom. The smallest absolute Gasteiger partial charge is 0.323 e. The molecular weight excluding hydrogens is 813 g/mol. The number of sulfonamides is 1. The van der Waals surface area contributed by atoms with Crippen molar-refractivity contribution in [1.82, 2.24) is 4.98 Å². The molecule has 1 aromatic heterocycles. The minimum absolute atomic E-state index is 0.0113. The van der Waals surface area contributed by atoms with Crippen molar-refractivity contribution in [2.75, 3.05) is 81.7 Å². The number of benzene rings is 4. The molecular formula is C43H52N4O11S2. The molecule has 0 aliphatic heterocycles. The second kappa shape index (κ2) is 20.2. The summed E-state index contributed by atoms with van der Waals surface area (Å²) < 4.78 is 86.5. The Kier molecular flexibility index (Phi) is 15.4. The van der Waals surface area contributed by atoms with Crippen molar-refractivity contribution < 1.29 is 50.1 Å². The van der Waals surface area contributed by atoms with E-state index in [4.69, 9.17) is 28.4 Å². The first kappa shape index (κ1) is 45.6. The molecule has 0 radical (unpaired) electrons. The first-order valence-electron chi connectivity index (χ1n) is 19.0. The van der Waals surface area contributed by atoms with E-state index in [1.165, 1.54) is 20.3 Å². The Labute approximate surface area is 351 Å². The van der Waals surface area contributed by atoms with Gasteiger partial charge < -0.3 is 39.1 Å². The molecule has 5 rings (SSSR count). The molecule has 17 heteroatoms. The Balaban J connectivity index is 1.31. The minimum Gasteiger partial charge on any atom is -0.497 e. The van der Waals surface area contributed by atoms with E-state index in [-0.39, 0.29) is 46.4 Å². The van der Waals surface area contributed by atoms with E-state index >= 15 is 0 Å². The first-order chi connectivity index (χ1) is 28.5. The van der Waals surface area contributed by atoms with Gasteiger partial charge in [-0.25, -0.2) is 21.6 Å². The van der Waals surface area contributed by atoms with Gasteiger partial charge in [0.2, 0.25) is 10.0 Å². The topological polar surface area (TPSA) is 190 Å². The molecule has 0 saturated heterocycles. The SMILES string of the molecule is COCCOCCOCCS(=O)(=O)c1cc(Cc2cc(Oc3ccc(NC(=O)Nc4cc(C(C)(C)C)cc(NS(C)(=O)=O)c4OC)c4ccccc34)ccn2)cc(OC)c1. The number of hydrogen-bond donors (Lipinski definition) is 3. The number of carbonyl (C=O) groups excluding carboxylic acids is 1. The van der Waals surface area contributed by atoms with E-state index in [0.717, 1.165) is 11.8 Å². The molecule has 5 aromatic rings. The fourth-order valence-electron chi connectivity index (χ4n) is 6.13. The van der Waals surface area contributed by atoms with Gasteiger partial charge in [0.15, 0.2) is 15.6 Å². The van der Waals surface area contributed by atoms with Gasteiger partial charge in [-0.05, 0) is 65.1 Å². The van der Waals surface area contributed by atoms with Crippen LogP contribution in [-0.2, 0) is 45.9 Å². The zero-order chi connectivity index (χ0) is 43.5. The van der Waals surface area contributed by atoms with Gasteiger partial charge in [0, 0.05) is 42.3 Å². The normalized spacial score (nSPS) is 11.9. The lowest BCUT2D eigenvalue weighted by molar-refractivity contribution is 0.0284. The molecule has 0 spiro atoms. The molecule has 0 bridgehead atoms. The molecule has 60 heavy (non-hydrogen) atoms. The van der Waals surface area contributed by atoms with E-state index < -0.39 is 25.9 Å². The van der Waals surface area contributed by atoms with E-state index in [0.29, 0.717) is 71.2 Å². The van der Waals surface area contributed by atoms with Crippen molar-refractivity contribution >= 4 is 53.7 Å². The molecule has 0 fully saturated rings. The molecule has 0 unspecified atom stereocenters. The van der Waals surface area contributed by atoms with Crippen LogP contribution in [0.3, 0.4) is 0 Å². The third-order valence-corrected chi connectivity index (χ3v) is 11.3. The highest BCUT2D eigenvalue weighted by Gasteiger charge is 2.23. The predicted octanol–water partition coefficient (Wildman–Crippen LogP) is 7.40. The van der Waals surface area contributed by atoms with Crippen LogP contribution in [0.5, 0.6) is 23.0 Å². The number of hydrogen-bond acceptors (Lipinski definition) is 12. The summed E-state index contributed by atoms with van der Waals surface area (Å²) in [4.78, 5) is 18.2. The van der Waals surface area contributed by atoms with Crippen LogP contribution in [0.15, 0.2) is 90.0 Å². The molecule has 3 N–H and O–H groups in total. The van der Waals surface area contributed by atoms with Crippen molar-refractivity contribution in [3.63, 3.8) is 0 Å². The Bertz CT molecular complexity index is 2510. The van der Waals surface area contributed by atoms with Crippen molar-refractivity contribution in [1.29, 1.82) is 0 Å². The van der Waals surface area contributed by atoms with Gasteiger partial charge in [0.05, 0.1) is 81.2 Å². The summed E-state index contributed by atoms with van der Waals surface area (Å²) in [7, 11) is -2.89. The zero-order valence-corrected chi connectivity index (χ0v) is 36.4. The summed E-state index contributed by atoms with van der Waals surface area (Å²) in [5.74, 6) is 1.35. The number of ether oxygens (including phenoxy) is 6. The van der Waals surface area contributed by atoms with Crippen LogP contribution >= 0.6 is 0 Å². The fourth-order valence-corrected chi connectivity index (χ4v) is 7.88. The molecule has 1 heterocycles. The number of nitrogens with one attached hydrogen (secondary N) is 3. The maximum absolute atomic E-state index is 13.5. The highest BCUT2D eigenvalue weighted by atomic mass is 32.2. The van der Waals surface area contributed by atoms with Gasteiger partial charge >= 0.3 is 6.03 Å². The van der Waals surface area contributed by atoms with Crippen LogP contribution in [0.4, 0.5) is 21.9 Å². The maximum atomic E-state index is 13.5. The molecule has 0 saturated carbocycles. The molecule has 4 aromatic carbocycles. The maximum Gasteiger partial charge on any atom is 0.323 e. The van der Waals surface area contributed by atoms with E-state index in [9.17, 15) is 21.6 Å². The predicted molar refractivity (Wildman–Crippen MR) is 232 cm³/mol. The third-order valence-electron chi connectivity index (χ3n) is 9.07. The average Bonchev–Trinajstić information content (AvgIpc) is 3.18. The van der Waals surface area contributed by atoms with Crippen molar-refractivity contribution in [2.24, 2.45) is 0 Å². The van der Waals surface area contributed by atoms with Gasteiger partial charge in [-0.1, -0.05) is 45.0 Å². The fraction of sp³-hybridized carbons (Fsp3) is 0.349. The van der Waals surface area contributed by atoms with Gasteiger partial charge in [-0.3, -0.25) is 9.71 Å². The number of amides is 2. The average molecular weight is 865 g/mol. The molecule has 15 nitrogen and oxygen atoms in total. The number of anilines is 3. The number of aromatic nitrogens is 1. The Morgan fingerprint density at radius 2 is 1.40 bits per heavy atom. The third kappa shape index (κ3) is 12.8. The first-order valence-corrected chi connectivity index (χ1v) is 22.5. The number of methoxy groups -OCH3 is 3. The lowest BCUT2D eigenvalue weighted by atomic mass is 9.86. The quantitative estimate of drug-likeness (QED) is 0.0659. The minimum atomic E-state index is -3.69. The lowest BCUT2D eigenvalue weighted by Crippen LogP contribution is -2.22. The zero-order valence-electron chi connectivity index (χ0n) is 34.8. The Morgan fingerprint density at radius 1 is 0.717 bits per heavy atom. The van der Waals surface area contributed by atoms with Crippen molar-refractivity contribution in [2.45, 2.75) is 37.5 Å². The summed E-state index contributed by atoms with van der Waals surface area (Å²) in [6, 6.07) is 22.1. The van der Waals surface area contributed by atoms with Crippen LogP contribution in [0.1, 0.15) is 37.6 Å². The molecule has 2 amide bonds. The Hall–Kier alpha value is -5.46. The molecule has 0 aliphatic rings. The summed E-state index contributed by atoms with van der Waals surface area (Å²) in [6.07, 6.45) is 2.95. The summed E-state index contributed by atoms with van der Waals surface area (Å²) in [5, 5.41) is 7.15. The highest BCUT2D eigenvalue weighted by Crippen LogP contribution is 2.40. The monoisotopic (exact) mass is 864 g/mol. The van der Waals surface area contributed by atoms with Crippen LogP contribution in [-0.4, -0.2) is 94.2 Å². The van der Waals surface area contributed by atoms with Crippen LogP contribution in [0, 0.1) is 0 Å². The molecule has 0 atom stereocenters. The van der Waals surface area contributed by atoms with E-state index in [1.54, 1.807) is 61.8 Å². The summed E-state index contributed by atoms with van der Waals surface area (Å²) >= 11 is 0. The number of carbonyl (C=O) groups is 1. The largest absolute Gasteiger partial charge is 0.497 e. The van der Waals surface area contributed by atoms with Crippen LogP contribution < -0.4 is 29.6 Å². The number of fused-ring (bicyclic) bond motifs is 1. The lowest BCUT2D eigenvalue weighted by Gasteiger charge is -2.24. The second-order valence-electron chi connectivity index (χ2n) is 14.8. The number of urea groups is 1. The number of nitrogens with zero attached hydrogens (tertiary/aromatic N) is 1. The number of pyridine rings is 1. The van der Waals surface area contributed by atoms with Crippen molar-refractivity contribution in [3.8, 4) is 23.0 Å². The highest BCUT2D eigenvalue weighted by molar-refractivity contribution is 7.92. The van der Waals surface area contributed by atoms with E-state index in [1.807, 2.05) is 45.0 Å². The van der Waals surface area contributed by atoms with Gasteiger partial charge in [0.25, 0.3) is 0 Å². The standard InChI is InChI=1S/C43H52N4O11S2/c1-43(2,3)30-25-38(41(55-6)39(26-30)47-59(7,49)50)46-42(48)45-37-12-13-40(36-11-9-8-10-35(36)37)58-32-14-15-44-31(27-32)22-29-23-33(54-5)28-34(24-29)60(51,52)21-20-57-19-18-56-17-16-53-4/h8-15,23-28,47H,16-22H2,1-7H3,(H2,45,46,48). The van der Waals surface area contributed by atoms with Gasteiger partial charge in [-0.2, -0.15) is 0 Å². The molecule has 0 aliphatic carbocycles. The van der Waals surface area contributed by atoms with Crippen LogP contribution in [0.25, 0.3) is 10.8 Å². The number of rotatable bonds is 20. The number of sulfone groups is 1. The van der Waals surface area contributed by atoms with Gasteiger partial charge in [0.1, 0.15) is 17.2 Å². The summed E-state index contributed by atoms with van der Waals surface area (Å²) in [5.41, 5.74) is 2.66. The summed E-state index contributed by atoms with van der Waals surface area (Å²) in [6.45, 7) is 7.44. The second-order valence-corrected chi connectivity index (χ2v) is 18.6. The van der Waals surface area contributed by atoms with Crippen molar-refractivity contribution in [3.05, 3.63) is 102 Å². The van der Waals surface area contributed by atoms with Gasteiger partial charge in [-0.15, -0.1) is 0 Å². The molecule has 322 valence electrons. The van der Waals surface area contributed by atoms with Crippen LogP contribution in [0.2, 0.25) is 0 Å². The van der Waals surface area contributed by atoms with E-state index in [2.05, 4.69) is 20.3 Å².